The summed E-state index contributed by atoms with van der Waals surface area (Å²) in [5.41, 5.74) is 5.37. The third-order valence-electron chi connectivity index (χ3n) is 3.32. The third kappa shape index (κ3) is 5.48. The van der Waals surface area contributed by atoms with Gasteiger partial charge in [0.25, 0.3) is 0 Å². The number of halogens is 1. The molecule has 0 saturated carbocycles. The summed E-state index contributed by atoms with van der Waals surface area (Å²) in [6.07, 6.45) is 0. The first-order valence-electron chi connectivity index (χ1n) is 7.17. The molecule has 2 aromatic carbocycles. The molecule has 0 atom stereocenters. The Balaban J connectivity index is 0.000000924. The zero-order valence-corrected chi connectivity index (χ0v) is 15.0. The molecule has 0 aliphatic carbocycles. The Morgan fingerprint density at radius 1 is 1.00 bits per heavy atom. The van der Waals surface area contributed by atoms with E-state index in [-0.39, 0.29) is 0 Å². The van der Waals surface area contributed by atoms with Crippen LogP contribution in [0.4, 0.5) is 5.69 Å². The molecule has 3 rings (SSSR count). The van der Waals surface area contributed by atoms with E-state index in [2.05, 4.69) is 75.3 Å². The number of nitrogens with zero attached hydrogens (tertiary/aromatic N) is 1. The molecule has 1 heterocycles. The molecule has 0 spiro atoms. The van der Waals surface area contributed by atoms with Gasteiger partial charge in [0.1, 0.15) is 0 Å². The molecule has 4 heteroatoms. The fourth-order valence-electron chi connectivity index (χ4n) is 2.14. The SMILES string of the molecule is Cc1ccc(NCc2cccc(-c3[c-]cccc3)n2)cc1.[Cl][Pd+]. The Bertz CT molecular complexity index is 715. The Labute approximate surface area is 152 Å². The summed E-state index contributed by atoms with van der Waals surface area (Å²) in [6.45, 7) is 2.80. The summed E-state index contributed by atoms with van der Waals surface area (Å²) in [6, 6.07) is 25.6. The van der Waals surface area contributed by atoms with E-state index in [1.807, 2.05) is 42.5 Å². The maximum atomic E-state index is 4.68. The van der Waals surface area contributed by atoms with Crippen molar-refractivity contribution in [2.75, 3.05) is 5.32 Å². The van der Waals surface area contributed by atoms with E-state index in [1.165, 1.54) is 5.56 Å². The van der Waals surface area contributed by atoms with Crippen LogP contribution in [0.25, 0.3) is 11.3 Å². The van der Waals surface area contributed by atoms with Crippen molar-refractivity contribution in [3.63, 3.8) is 0 Å². The average molecular weight is 415 g/mol. The second-order valence-electron chi connectivity index (χ2n) is 5.01. The number of benzene rings is 2. The van der Waals surface area contributed by atoms with Crippen molar-refractivity contribution in [3.05, 3.63) is 84.1 Å². The molecule has 1 N–H and O–H groups in total. The van der Waals surface area contributed by atoms with Crippen LogP contribution in [0.1, 0.15) is 11.3 Å². The predicted octanol–water partition coefficient (Wildman–Crippen LogP) is 5.16. The summed E-state index contributed by atoms with van der Waals surface area (Å²) < 4.78 is 0. The van der Waals surface area contributed by atoms with Crippen molar-refractivity contribution in [2.24, 2.45) is 0 Å². The van der Waals surface area contributed by atoms with Gasteiger partial charge in [-0.2, -0.15) is 0 Å². The van der Waals surface area contributed by atoms with Crippen LogP contribution in [0.15, 0.2) is 66.7 Å². The zero-order chi connectivity index (χ0) is 16.5. The van der Waals surface area contributed by atoms with Gasteiger partial charge < -0.3 is 5.32 Å². The van der Waals surface area contributed by atoms with Crippen LogP contribution < -0.4 is 5.32 Å². The van der Waals surface area contributed by atoms with Crippen LogP contribution in [-0.2, 0) is 24.7 Å². The standard InChI is InChI=1S/C19H17N2.ClH.Pd/c1-15-10-12-17(13-11-15)20-14-18-8-5-9-19(21-18)16-6-3-2-4-7-16;;/h2-6,8-13,20H,14H2,1H3;1H;/q-1;;+2/p-1. The van der Waals surface area contributed by atoms with E-state index in [0.29, 0.717) is 6.54 Å². The molecular formula is C19H17ClN2Pd. The molecule has 0 unspecified atom stereocenters. The molecule has 3 aromatic rings. The first-order valence-corrected chi connectivity index (χ1v) is 9.17. The van der Waals surface area contributed by atoms with Gasteiger partial charge >= 0.3 is 27.7 Å². The number of pyridine rings is 1. The predicted molar refractivity (Wildman–Crippen MR) is 92.9 cm³/mol. The van der Waals surface area contributed by atoms with Gasteiger partial charge in [0, 0.05) is 11.4 Å². The van der Waals surface area contributed by atoms with Crippen molar-refractivity contribution >= 4 is 15.2 Å². The second kappa shape index (κ2) is 9.47. The molecular weight excluding hydrogens is 398 g/mol. The van der Waals surface area contributed by atoms with E-state index < -0.39 is 0 Å². The minimum absolute atomic E-state index is 0.712. The van der Waals surface area contributed by atoms with Crippen molar-refractivity contribution in [3.8, 4) is 11.3 Å². The first kappa shape index (κ1) is 17.7. The quantitative estimate of drug-likeness (QED) is 0.471. The van der Waals surface area contributed by atoms with Crippen LogP contribution in [0.5, 0.6) is 0 Å². The monoisotopic (exact) mass is 414 g/mol. The number of nitrogens with one attached hydrogen (secondary N) is 1. The molecule has 0 aliphatic rings. The number of hydrogen-bond donors (Lipinski definition) is 1. The summed E-state index contributed by atoms with van der Waals surface area (Å²) in [5, 5.41) is 3.39. The molecule has 0 fully saturated rings. The molecule has 1 aromatic heterocycles. The van der Waals surface area contributed by atoms with Crippen LogP contribution in [0, 0.1) is 13.0 Å². The van der Waals surface area contributed by atoms with Crippen LogP contribution in [0.3, 0.4) is 0 Å². The van der Waals surface area contributed by atoms with E-state index in [0.717, 1.165) is 22.6 Å². The van der Waals surface area contributed by atoms with Gasteiger partial charge in [-0.15, -0.1) is 35.9 Å². The molecule has 23 heavy (non-hydrogen) atoms. The summed E-state index contributed by atoms with van der Waals surface area (Å²) in [4.78, 5) is 4.68. The van der Waals surface area contributed by atoms with Gasteiger partial charge in [0.05, 0.1) is 6.54 Å². The zero-order valence-electron chi connectivity index (χ0n) is 12.7. The number of rotatable bonds is 4. The Morgan fingerprint density at radius 3 is 2.48 bits per heavy atom. The van der Waals surface area contributed by atoms with Gasteiger partial charge in [-0.3, -0.25) is 4.98 Å². The number of anilines is 1. The third-order valence-corrected chi connectivity index (χ3v) is 3.32. The maximum absolute atomic E-state index is 4.68. The topological polar surface area (TPSA) is 24.9 Å². The summed E-state index contributed by atoms with van der Waals surface area (Å²) in [7, 11) is 4.49. The molecule has 0 aliphatic heterocycles. The molecule has 0 bridgehead atoms. The van der Waals surface area contributed by atoms with Gasteiger partial charge in [-0.05, 0) is 30.8 Å². The van der Waals surface area contributed by atoms with Crippen molar-refractivity contribution in [1.29, 1.82) is 0 Å². The summed E-state index contributed by atoms with van der Waals surface area (Å²) in [5.74, 6) is 0. The molecule has 2 nitrogen and oxygen atoms in total. The summed E-state index contributed by atoms with van der Waals surface area (Å²) >= 11 is 2.22. The molecule has 0 radical (unpaired) electrons. The van der Waals surface area contributed by atoms with Crippen LogP contribution in [0.2, 0.25) is 0 Å². The number of aromatic nitrogens is 1. The van der Waals surface area contributed by atoms with Crippen molar-refractivity contribution in [1.82, 2.24) is 4.98 Å². The number of aryl methyl sites for hydroxylation is 1. The average Bonchev–Trinajstić information content (AvgIpc) is 2.64. The minimum atomic E-state index is 0.712. The Morgan fingerprint density at radius 2 is 1.78 bits per heavy atom. The van der Waals surface area contributed by atoms with Gasteiger partial charge in [-0.25, -0.2) is 0 Å². The fraction of sp³-hybridized carbons (Fsp3) is 0.105. The number of hydrogen-bond acceptors (Lipinski definition) is 2. The van der Waals surface area contributed by atoms with E-state index in [1.54, 1.807) is 0 Å². The van der Waals surface area contributed by atoms with Crippen molar-refractivity contribution in [2.45, 2.75) is 13.5 Å². The van der Waals surface area contributed by atoms with Crippen molar-refractivity contribution < 1.29 is 18.2 Å². The molecule has 0 amide bonds. The van der Waals surface area contributed by atoms with Crippen LogP contribution in [-0.4, -0.2) is 4.98 Å². The van der Waals surface area contributed by atoms with Crippen LogP contribution >= 0.6 is 9.53 Å². The fourth-order valence-corrected chi connectivity index (χ4v) is 2.14. The van der Waals surface area contributed by atoms with Gasteiger partial charge in [0.15, 0.2) is 0 Å². The Hall–Kier alpha value is -1.66. The van der Waals surface area contributed by atoms with Gasteiger partial charge in [-0.1, -0.05) is 29.8 Å². The van der Waals surface area contributed by atoms with E-state index in [9.17, 15) is 0 Å². The van der Waals surface area contributed by atoms with E-state index in [4.69, 9.17) is 0 Å². The second-order valence-corrected chi connectivity index (χ2v) is 5.01. The Kier molecular flexibility index (Phi) is 7.29. The molecule has 120 valence electrons. The van der Waals surface area contributed by atoms with E-state index >= 15 is 0 Å². The van der Waals surface area contributed by atoms with Gasteiger partial charge in [0.2, 0.25) is 0 Å². The normalized spacial score (nSPS) is 9.74. The first-order chi connectivity index (χ1) is 11.3. The molecule has 0 saturated heterocycles.